The zero-order valence-corrected chi connectivity index (χ0v) is 13.4. The van der Waals surface area contributed by atoms with Gasteiger partial charge < -0.3 is 9.84 Å². The van der Waals surface area contributed by atoms with Gasteiger partial charge in [0, 0.05) is 25.4 Å². The summed E-state index contributed by atoms with van der Waals surface area (Å²) in [5.41, 5.74) is 0.877. The number of hydrogen-bond acceptors (Lipinski definition) is 6. The molecule has 1 saturated heterocycles. The van der Waals surface area contributed by atoms with Gasteiger partial charge in [-0.05, 0) is 37.4 Å². The Kier molecular flexibility index (Phi) is 4.38. The second-order valence-electron chi connectivity index (χ2n) is 6.19. The van der Waals surface area contributed by atoms with Crippen molar-refractivity contribution in [2.45, 2.75) is 32.7 Å². The molecule has 0 radical (unpaired) electrons. The van der Waals surface area contributed by atoms with E-state index < -0.39 is 0 Å². The zero-order chi connectivity index (χ0) is 15.5. The third kappa shape index (κ3) is 3.11. The Hall–Kier alpha value is -1.95. The molecule has 1 N–H and O–H groups in total. The molecule has 3 heterocycles. The Bertz CT molecular complexity index is 607. The molecule has 0 bridgehead atoms. The molecule has 1 aliphatic heterocycles. The second kappa shape index (κ2) is 6.44. The van der Waals surface area contributed by atoms with Gasteiger partial charge >= 0.3 is 0 Å². The first-order valence-corrected chi connectivity index (χ1v) is 7.89. The van der Waals surface area contributed by atoms with Crippen molar-refractivity contribution in [3.05, 3.63) is 24.2 Å². The summed E-state index contributed by atoms with van der Waals surface area (Å²) in [6.45, 7) is 6.66. The number of aromatic nitrogens is 3. The predicted molar refractivity (Wildman–Crippen MR) is 85.5 cm³/mol. The van der Waals surface area contributed by atoms with Crippen LogP contribution in [0.15, 0.2) is 22.9 Å². The van der Waals surface area contributed by atoms with Crippen molar-refractivity contribution in [2.24, 2.45) is 5.92 Å². The first kappa shape index (κ1) is 15.0. The average molecular weight is 301 g/mol. The van der Waals surface area contributed by atoms with Gasteiger partial charge in [0.1, 0.15) is 5.82 Å². The van der Waals surface area contributed by atoms with Crippen LogP contribution in [0.4, 0.5) is 5.82 Å². The molecule has 0 spiro atoms. The lowest BCUT2D eigenvalue weighted by atomic mass is 10.1. The molecule has 3 rings (SSSR count). The van der Waals surface area contributed by atoms with Gasteiger partial charge in [0.2, 0.25) is 11.7 Å². The highest BCUT2D eigenvalue weighted by atomic mass is 16.5. The quantitative estimate of drug-likeness (QED) is 0.916. The maximum Gasteiger partial charge on any atom is 0.244 e. The molecule has 0 aliphatic carbocycles. The van der Waals surface area contributed by atoms with Crippen LogP contribution < -0.4 is 5.32 Å². The molecule has 22 heavy (non-hydrogen) atoms. The van der Waals surface area contributed by atoms with Gasteiger partial charge in [0.15, 0.2) is 0 Å². The molecule has 6 nitrogen and oxygen atoms in total. The van der Waals surface area contributed by atoms with Gasteiger partial charge in [-0.15, -0.1) is 0 Å². The summed E-state index contributed by atoms with van der Waals surface area (Å²) in [7, 11) is 1.85. The molecule has 1 fully saturated rings. The predicted octanol–water partition coefficient (Wildman–Crippen LogP) is 2.97. The molecule has 2 aromatic heterocycles. The summed E-state index contributed by atoms with van der Waals surface area (Å²) in [6.07, 6.45) is 4.04. The molecule has 6 heteroatoms. The van der Waals surface area contributed by atoms with Gasteiger partial charge in [0.05, 0.1) is 6.04 Å². The van der Waals surface area contributed by atoms with E-state index in [1.165, 1.54) is 6.42 Å². The maximum absolute atomic E-state index is 5.53. The summed E-state index contributed by atoms with van der Waals surface area (Å²) in [6, 6.07) is 4.12. The fourth-order valence-electron chi connectivity index (χ4n) is 2.96. The lowest BCUT2D eigenvalue weighted by Crippen LogP contribution is -2.27. The molecular weight excluding hydrogens is 278 g/mol. The molecule has 118 valence electrons. The number of nitrogens with zero attached hydrogens (tertiary/aromatic N) is 4. The van der Waals surface area contributed by atoms with Crippen LogP contribution >= 0.6 is 0 Å². The van der Waals surface area contributed by atoms with Gasteiger partial charge in [0.25, 0.3) is 0 Å². The largest absolute Gasteiger partial charge is 0.373 e. The molecule has 1 atom stereocenters. The molecule has 2 aromatic rings. The van der Waals surface area contributed by atoms with Crippen molar-refractivity contribution >= 4 is 5.82 Å². The van der Waals surface area contributed by atoms with Crippen molar-refractivity contribution in [3.63, 3.8) is 0 Å². The normalized spacial score (nSPS) is 19.0. The van der Waals surface area contributed by atoms with Gasteiger partial charge in [-0.2, -0.15) is 4.98 Å². The minimum atomic E-state index is 0.258. The number of hydrogen-bond donors (Lipinski definition) is 1. The Morgan fingerprint density at radius 2 is 2.27 bits per heavy atom. The highest BCUT2D eigenvalue weighted by molar-refractivity contribution is 5.55. The average Bonchev–Trinajstić information content (AvgIpc) is 3.15. The van der Waals surface area contributed by atoms with E-state index in [0.29, 0.717) is 11.7 Å². The minimum Gasteiger partial charge on any atom is -0.373 e. The topological polar surface area (TPSA) is 67.1 Å². The first-order chi connectivity index (χ1) is 10.7. The van der Waals surface area contributed by atoms with Gasteiger partial charge in [-0.1, -0.05) is 19.0 Å². The highest BCUT2D eigenvalue weighted by Crippen LogP contribution is 2.32. The molecule has 1 aliphatic rings. The van der Waals surface area contributed by atoms with E-state index in [9.17, 15) is 0 Å². The van der Waals surface area contributed by atoms with E-state index >= 15 is 0 Å². The number of nitrogens with one attached hydrogen (secondary N) is 1. The van der Waals surface area contributed by atoms with Crippen LogP contribution in [0, 0.1) is 5.92 Å². The van der Waals surface area contributed by atoms with E-state index in [2.05, 4.69) is 39.2 Å². The molecule has 0 amide bonds. The fourth-order valence-corrected chi connectivity index (χ4v) is 2.96. The van der Waals surface area contributed by atoms with E-state index in [-0.39, 0.29) is 6.04 Å². The van der Waals surface area contributed by atoms with E-state index in [1.807, 2.05) is 19.2 Å². The monoisotopic (exact) mass is 301 g/mol. The third-order valence-electron chi connectivity index (χ3n) is 3.97. The van der Waals surface area contributed by atoms with Crippen LogP contribution in [0.3, 0.4) is 0 Å². The van der Waals surface area contributed by atoms with Crippen LogP contribution in [-0.2, 0) is 0 Å². The second-order valence-corrected chi connectivity index (χ2v) is 6.19. The van der Waals surface area contributed by atoms with Crippen LogP contribution in [0.25, 0.3) is 11.4 Å². The van der Waals surface area contributed by atoms with Crippen molar-refractivity contribution < 1.29 is 4.52 Å². The maximum atomic E-state index is 5.53. The van der Waals surface area contributed by atoms with Crippen LogP contribution in [0.5, 0.6) is 0 Å². The molecule has 0 unspecified atom stereocenters. The third-order valence-corrected chi connectivity index (χ3v) is 3.97. The van der Waals surface area contributed by atoms with Crippen LogP contribution in [0.2, 0.25) is 0 Å². The van der Waals surface area contributed by atoms with Crippen molar-refractivity contribution in [2.75, 3.05) is 25.5 Å². The summed E-state index contributed by atoms with van der Waals surface area (Å²) < 4.78 is 5.53. The van der Waals surface area contributed by atoms with Gasteiger partial charge in [-0.3, -0.25) is 4.90 Å². The number of anilines is 1. The van der Waals surface area contributed by atoms with E-state index in [0.717, 1.165) is 36.8 Å². The van der Waals surface area contributed by atoms with Crippen molar-refractivity contribution in [1.29, 1.82) is 0 Å². The number of rotatable bonds is 5. The lowest BCUT2D eigenvalue weighted by molar-refractivity contribution is 0.189. The Balaban J connectivity index is 1.77. The van der Waals surface area contributed by atoms with Crippen LogP contribution in [-0.4, -0.2) is 40.2 Å². The SMILES string of the molecule is CNc1ccc(-c2noc([C@@H]3CCCN3CC(C)C)n2)cn1. The summed E-state index contributed by atoms with van der Waals surface area (Å²) in [5, 5.41) is 7.12. The number of pyridine rings is 1. The minimum absolute atomic E-state index is 0.258. The molecule has 0 aromatic carbocycles. The van der Waals surface area contributed by atoms with Crippen molar-refractivity contribution in [1.82, 2.24) is 20.0 Å². The first-order valence-electron chi connectivity index (χ1n) is 7.89. The lowest BCUT2D eigenvalue weighted by Gasteiger charge is -2.23. The summed E-state index contributed by atoms with van der Waals surface area (Å²) in [5.74, 6) is 2.81. The van der Waals surface area contributed by atoms with E-state index in [1.54, 1.807) is 6.20 Å². The van der Waals surface area contributed by atoms with Crippen LogP contribution in [0.1, 0.15) is 38.6 Å². The zero-order valence-electron chi connectivity index (χ0n) is 13.4. The molecular formula is C16H23N5O. The van der Waals surface area contributed by atoms with Gasteiger partial charge in [-0.25, -0.2) is 4.98 Å². The Morgan fingerprint density at radius 1 is 1.41 bits per heavy atom. The fraction of sp³-hybridized carbons (Fsp3) is 0.562. The molecule has 0 saturated carbocycles. The number of likely N-dealkylation sites (tertiary alicyclic amines) is 1. The summed E-state index contributed by atoms with van der Waals surface area (Å²) >= 11 is 0. The standard InChI is InChI=1S/C16H23N5O/c1-11(2)10-21-8-4-5-13(21)16-19-15(20-22-16)12-6-7-14(17-3)18-9-12/h6-7,9,11,13H,4-5,8,10H2,1-3H3,(H,17,18)/t13-/m0/s1. The smallest absolute Gasteiger partial charge is 0.244 e. The van der Waals surface area contributed by atoms with Crippen molar-refractivity contribution in [3.8, 4) is 11.4 Å². The van der Waals surface area contributed by atoms with E-state index in [4.69, 9.17) is 4.52 Å². The highest BCUT2D eigenvalue weighted by Gasteiger charge is 2.31. The Labute approximate surface area is 130 Å². The summed E-state index contributed by atoms with van der Waals surface area (Å²) in [4.78, 5) is 11.3. The Morgan fingerprint density at radius 3 is 2.95 bits per heavy atom.